The lowest BCUT2D eigenvalue weighted by atomic mass is 10.1. The van der Waals surface area contributed by atoms with Crippen LogP contribution in [0.5, 0.6) is 11.5 Å². The quantitative estimate of drug-likeness (QED) is 0.632. The van der Waals surface area contributed by atoms with E-state index in [1.807, 2.05) is 18.2 Å². The van der Waals surface area contributed by atoms with Crippen LogP contribution in [0.4, 0.5) is 5.69 Å². The van der Waals surface area contributed by atoms with Crippen LogP contribution in [0.15, 0.2) is 42.5 Å². The number of carbonyl (C=O) groups is 2. The van der Waals surface area contributed by atoms with E-state index in [1.165, 1.54) is 0 Å². The summed E-state index contributed by atoms with van der Waals surface area (Å²) in [4.78, 5) is 23.3. The molecule has 0 fully saturated rings. The predicted octanol–water partition coefficient (Wildman–Crippen LogP) is 1.57. The minimum Gasteiger partial charge on any atom is -0.493 e. The molecule has 0 saturated carbocycles. The molecule has 138 valence electrons. The van der Waals surface area contributed by atoms with Crippen molar-refractivity contribution in [2.45, 2.75) is 6.42 Å². The van der Waals surface area contributed by atoms with E-state index in [-0.39, 0.29) is 12.5 Å². The SMILES string of the molecule is COc1ccc(CCNC(=O)CNc2ccccc2C(N)=O)cc1OC. The summed E-state index contributed by atoms with van der Waals surface area (Å²) in [5.41, 5.74) is 7.22. The topological polar surface area (TPSA) is 103 Å². The van der Waals surface area contributed by atoms with Gasteiger partial charge in [0.2, 0.25) is 5.91 Å². The van der Waals surface area contributed by atoms with E-state index >= 15 is 0 Å². The number of nitrogens with one attached hydrogen (secondary N) is 2. The molecule has 7 heteroatoms. The van der Waals surface area contributed by atoms with Crippen LogP contribution in [0.1, 0.15) is 15.9 Å². The second kappa shape index (κ2) is 9.31. The van der Waals surface area contributed by atoms with E-state index in [4.69, 9.17) is 15.2 Å². The monoisotopic (exact) mass is 357 g/mol. The Morgan fingerprint density at radius 1 is 1.04 bits per heavy atom. The van der Waals surface area contributed by atoms with Crippen molar-refractivity contribution in [3.8, 4) is 11.5 Å². The van der Waals surface area contributed by atoms with Crippen molar-refractivity contribution in [2.75, 3.05) is 32.6 Å². The summed E-state index contributed by atoms with van der Waals surface area (Å²) in [7, 11) is 3.17. The molecule has 26 heavy (non-hydrogen) atoms. The first-order valence-corrected chi connectivity index (χ1v) is 8.15. The third-order valence-corrected chi connectivity index (χ3v) is 3.82. The molecule has 0 aliphatic carbocycles. The average Bonchev–Trinajstić information content (AvgIpc) is 2.66. The van der Waals surface area contributed by atoms with Gasteiger partial charge in [-0.25, -0.2) is 0 Å². The summed E-state index contributed by atoms with van der Waals surface area (Å²) < 4.78 is 10.5. The summed E-state index contributed by atoms with van der Waals surface area (Å²) in [6.45, 7) is 0.531. The maximum Gasteiger partial charge on any atom is 0.250 e. The minimum absolute atomic E-state index is 0.0518. The van der Waals surface area contributed by atoms with E-state index in [9.17, 15) is 9.59 Å². The van der Waals surface area contributed by atoms with Crippen LogP contribution >= 0.6 is 0 Å². The van der Waals surface area contributed by atoms with Crippen LogP contribution in [-0.2, 0) is 11.2 Å². The van der Waals surface area contributed by atoms with E-state index in [0.29, 0.717) is 35.7 Å². The van der Waals surface area contributed by atoms with Gasteiger partial charge in [-0.15, -0.1) is 0 Å². The smallest absolute Gasteiger partial charge is 0.250 e. The first-order chi connectivity index (χ1) is 12.5. The van der Waals surface area contributed by atoms with Crippen molar-refractivity contribution >= 4 is 17.5 Å². The zero-order valence-electron chi connectivity index (χ0n) is 14.9. The lowest BCUT2D eigenvalue weighted by Gasteiger charge is -2.11. The summed E-state index contributed by atoms with van der Waals surface area (Å²) >= 11 is 0. The van der Waals surface area contributed by atoms with E-state index in [0.717, 1.165) is 5.56 Å². The molecule has 0 unspecified atom stereocenters. The van der Waals surface area contributed by atoms with Gasteiger partial charge in [0.05, 0.1) is 26.3 Å². The molecule has 0 aromatic heterocycles. The highest BCUT2D eigenvalue weighted by atomic mass is 16.5. The maximum atomic E-state index is 12.0. The van der Waals surface area contributed by atoms with Crippen LogP contribution in [-0.4, -0.2) is 39.1 Å². The van der Waals surface area contributed by atoms with Gasteiger partial charge in [0.15, 0.2) is 11.5 Å². The van der Waals surface area contributed by atoms with Gasteiger partial charge in [-0.2, -0.15) is 0 Å². The zero-order chi connectivity index (χ0) is 18.9. The summed E-state index contributed by atoms with van der Waals surface area (Å²) in [6.07, 6.45) is 0.657. The lowest BCUT2D eigenvalue weighted by molar-refractivity contribution is -0.119. The van der Waals surface area contributed by atoms with Crippen LogP contribution in [0.25, 0.3) is 0 Å². The number of benzene rings is 2. The molecule has 0 atom stereocenters. The number of amides is 2. The van der Waals surface area contributed by atoms with Gasteiger partial charge in [0.25, 0.3) is 5.91 Å². The number of methoxy groups -OCH3 is 2. The Hall–Kier alpha value is -3.22. The Morgan fingerprint density at radius 3 is 2.46 bits per heavy atom. The van der Waals surface area contributed by atoms with Crippen molar-refractivity contribution in [2.24, 2.45) is 5.73 Å². The highest BCUT2D eigenvalue weighted by molar-refractivity contribution is 5.98. The van der Waals surface area contributed by atoms with Crippen molar-refractivity contribution in [3.05, 3.63) is 53.6 Å². The number of primary amides is 1. The number of rotatable bonds is 9. The third-order valence-electron chi connectivity index (χ3n) is 3.82. The highest BCUT2D eigenvalue weighted by Crippen LogP contribution is 2.27. The van der Waals surface area contributed by atoms with Gasteiger partial charge in [-0.1, -0.05) is 18.2 Å². The number of para-hydroxylation sites is 1. The lowest BCUT2D eigenvalue weighted by Crippen LogP contribution is -2.31. The number of hydrogen-bond acceptors (Lipinski definition) is 5. The number of ether oxygens (including phenoxy) is 2. The van der Waals surface area contributed by atoms with Crippen molar-refractivity contribution < 1.29 is 19.1 Å². The van der Waals surface area contributed by atoms with Gasteiger partial charge in [-0.05, 0) is 36.2 Å². The third kappa shape index (κ3) is 5.14. The Balaban J connectivity index is 1.82. The predicted molar refractivity (Wildman–Crippen MR) is 99.7 cm³/mol. The number of carbonyl (C=O) groups excluding carboxylic acids is 2. The molecule has 0 saturated heterocycles. The van der Waals surface area contributed by atoms with Gasteiger partial charge in [-0.3, -0.25) is 9.59 Å². The van der Waals surface area contributed by atoms with Crippen LogP contribution in [0, 0.1) is 0 Å². The summed E-state index contributed by atoms with van der Waals surface area (Å²) in [5, 5.41) is 5.75. The first kappa shape index (κ1) is 19.1. The summed E-state index contributed by atoms with van der Waals surface area (Å²) in [5.74, 6) is 0.602. The zero-order valence-corrected chi connectivity index (χ0v) is 14.9. The van der Waals surface area contributed by atoms with Crippen LogP contribution in [0.3, 0.4) is 0 Å². The van der Waals surface area contributed by atoms with Crippen molar-refractivity contribution in [3.63, 3.8) is 0 Å². The number of nitrogens with two attached hydrogens (primary N) is 1. The molecular weight excluding hydrogens is 334 g/mol. The van der Waals surface area contributed by atoms with Gasteiger partial charge in [0.1, 0.15) is 0 Å². The number of anilines is 1. The fourth-order valence-electron chi connectivity index (χ4n) is 2.47. The van der Waals surface area contributed by atoms with Crippen LogP contribution < -0.4 is 25.8 Å². The number of hydrogen-bond donors (Lipinski definition) is 3. The summed E-state index contributed by atoms with van der Waals surface area (Å²) in [6, 6.07) is 12.4. The molecule has 2 aromatic carbocycles. The molecule has 2 rings (SSSR count). The van der Waals surface area contributed by atoms with E-state index < -0.39 is 5.91 Å². The van der Waals surface area contributed by atoms with Gasteiger partial charge < -0.3 is 25.8 Å². The second-order valence-corrected chi connectivity index (χ2v) is 5.55. The molecule has 0 radical (unpaired) electrons. The van der Waals surface area contributed by atoms with Crippen molar-refractivity contribution in [1.29, 1.82) is 0 Å². The Bertz CT molecular complexity index is 777. The van der Waals surface area contributed by atoms with E-state index in [1.54, 1.807) is 38.5 Å². The van der Waals surface area contributed by atoms with Crippen molar-refractivity contribution in [1.82, 2.24) is 5.32 Å². The molecule has 0 bridgehead atoms. The first-order valence-electron chi connectivity index (χ1n) is 8.15. The molecule has 2 aromatic rings. The molecule has 7 nitrogen and oxygen atoms in total. The Kier molecular flexibility index (Phi) is 6.84. The maximum absolute atomic E-state index is 12.0. The molecular formula is C19H23N3O4. The highest BCUT2D eigenvalue weighted by Gasteiger charge is 2.09. The molecule has 0 aliphatic heterocycles. The molecule has 4 N–H and O–H groups in total. The minimum atomic E-state index is -0.540. The standard InChI is InChI=1S/C19H23N3O4/c1-25-16-8-7-13(11-17(16)26-2)9-10-21-18(23)12-22-15-6-4-3-5-14(15)19(20)24/h3-8,11,22H,9-10,12H2,1-2H3,(H2,20,24)(H,21,23). The largest absolute Gasteiger partial charge is 0.493 e. The fraction of sp³-hybridized carbons (Fsp3) is 0.263. The second-order valence-electron chi connectivity index (χ2n) is 5.55. The normalized spacial score (nSPS) is 10.1. The van der Waals surface area contributed by atoms with Crippen LogP contribution in [0.2, 0.25) is 0 Å². The average molecular weight is 357 g/mol. The molecule has 0 heterocycles. The van der Waals surface area contributed by atoms with E-state index in [2.05, 4.69) is 10.6 Å². The molecule has 2 amide bonds. The Labute approximate surface area is 152 Å². The van der Waals surface area contributed by atoms with Gasteiger partial charge >= 0.3 is 0 Å². The fourth-order valence-corrected chi connectivity index (χ4v) is 2.47. The molecule has 0 spiro atoms. The molecule has 0 aliphatic rings. The van der Waals surface area contributed by atoms with Gasteiger partial charge in [0, 0.05) is 12.2 Å². The Morgan fingerprint density at radius 2 is 1.77 bits per heavy atom.